The standard InChI is InChI=1S/C17H20N4O3S2/c1-2-24-16(23)19-15-20-21-17(26-15)25-10-14(22)18-13-9-5-7-11-6-3-4-8-12(11)13/h3-4,6,8,13H,2,5,7,9-10H2,1H3,(H,18,22)(H,19,20,23). The summed E-state index contributed by atoms with van der Waals surface area (Å²) in [5.41, 5.74) is 2.53. The molecule has 9 heteroatoms. The summed E-state index contributed by atoms with van der Waals surface area (Å²) in [4.78, 5) is 23.6. The molecule has 1 aliphatic carbocycles. The van der Waals surface area contributed by atoms with Gasteiger partial charge in [-0.15, -0.1) is 10.2 Å². The van der Waals surface area contributed by atoms with E-state index < -0.39 is 6.09 Å². The number of anilines is 1. The fourth-order valence-corrected chi connectivity index (χ4v) is 4.39. The van der Waals surface area contributed by atoms with Crippen LogP contribution in [0.25, 0.3) is 0 Å². The predicted molar refractivity (Wildman–Crippen MR) is 102 cm³/mol. The lowest BCUT2D eigenvalue weighted by Gasteiger charge is -2.26. The first-order chi connectivity index (χ1) is 12.7. The molecular weight excluding hydrogens is 372 g/mol. The van der Waals surface area contributed by atoms with E-state index in [4.69, 9.17) is 4.74 Å². The summed E-state index contributed by atoms with van der Waals surface area (Å²) in [5, 5.41) is 13.8. The van der Waals surface area contributed by atoms with Crippen LogP contribution in [0.3, 0.4) is 0 Å². The van der Waals surface area contributed by atoms with Crippen molar-refractivity contribution in [3.63, 3.8) is 0 Å². The molecule has 0 radical (unpaired) electrons. The molecule has 0 fully saturated rings. The summed E-state index contributed by atoms with van der Waals surface area (Å²) in [7, 11) is 0. The van der Waals surface area contributed by atoms with E-state index in [0.717, 1.165) is 19.3 Å². The predicted octanol–water partition coefficient (Wildman–Crippen LogP) is 3.39. The van der Waals surface area contributed by atoms with Crippen molar-refractivity contribution in [2.24, 2.45) is 0 Å². The number of hydrogen-bond donors (Lipinski definition) is 2. The van der Waals surface area contributed by atoms with E-state index in [1.807, 2.05) is 12.1 Å². The molecule has 1 unspecified atom stereocenters. The van der Waals surface area contributed by atoms with Crippen molar-refractivity contribution in [2.45, 2.75) is 36.6 Å². The zero-order valence-corrected chi connectivity index (χ0v) is 16.0. The lowest BCUT2D eigenvalue weighted by Crippen LogP contribution is -2.32. The molecule has 2 aromatic rings. The molecule has 0 aliphatic heterocycles. The number of amides is 2. The summed E-state index contributed by atoms with van der Waals surface area (Å²) >= 11 is 2.51. The number of aromatic nitrogens is 2. The fraction of sp³-hybridized carbons (Fsp3) is 0.412. The van der Waals surface area contributed by atoms with Gasteiger partial charge in [0.1, 0.15) is 0 Å². The van der Waals surface area contributed by atoms with Crippen molar-refractivity contribution in [3.05, 3.63) is 35.4 Å². The highest BCUT2D eigenvalue weighted by molar-refractivity contribution is 8.01. The van der Waals surface area contributed by atoms with E-state index in [1.165, 1.54) is 34.2 Å². The van der Waals surface area contributed by atoms with Crippen molar-refractivity contribution in [3.8, 4) is 0 Å². The van der Waals surface area contributed by atoms with Gasteiger partial charge in [0, 0.05) is 0 Å². The Labute approximate surface area is 159 Å². The maximum Gasteiger partial charge on any atom is 0.413 e. The van der Waals surface area contributed by atoms with Crippen molar-refractivity contribution in [1.29, 1.82) is 0 Å². The van der Waals surface area contributed by atoms with Crippen molar-refractivity contribution < 1.29 is 14.3 Å². The van der Waals surface area contributed by atoms with Gasteiger partial charge < -0.3 is 10.1 Å². The summed E-state index contributed by atoms with van der Waals surface area (Å²) in [6.07, 6.45) is 2.54. The molecule has 26 heavy (non-hydrogen) atoms. The van der Waals surface area contributed by atoms with Crippen LogP contribution in [0.2, 0.25) is 0 Å². The summed E-state index contributed by atoms with van der Waals surface area (Å²) in [5.74, 6) is 0.221. The lowest BCUT2D eigenvalue weighted by atomic mass is 9.88. The van der Waals surface area contributed by atoms with Gasteiger partial charge in [-0.2, -0.15) is 0 Å². The first-order valence-electron chi connectivity index (χ1n) is 8.43. The van der Waals surface area contributed by atoms with E-state index in [1.54, 1.807) is 6.92 Å². The molecule has 3 rings (SSSR count). The third-order valence-electron chi connectivity index (χ3n) is 3.92. The minimum atomic E-state index is -0.561. The Morgan fingerprint density at radius 3 is 3.04 bits per heavy atom. The van der Waals surface area contributed by atoms with Crippen molar-refractivity contribution in [2.75, 3.05) is 17.7 Å². The second kappa shape index (κ2) is 9.00. The van der Waals surface area contributed by atoms with Crippen LogP contribution in [0, 0.1) is 0 Å². The maximum atomic E-state index is 12.3. The second-order valence-electron chi connectivity index (χ2n) is 5.72. The SMILES string of the molecule is CCOC(=O)Nc1nnc(SCC(=O)NC2CCCc3ccccc32)s1. The fourth-order valence-electron chi connectivity index (χ4n) is 2.84. The van der Waals surface area contributed by atoms with Gasteiger partial charge in [0.15, 0.2) is 4.34 Å². The Bertz CT molecular complexity index is 781. The zero-order valence-electron chi connectivity index (χ0n) is 14.4. The van der Waals surface area contributed by atoms with Gasteiger partial charge in [0.2, 0.25) is 11.0 Å². The van der Waals surface area contributed by atoms with Gasteiger partial charge >= 0.3 is 6.09 Å². The van der Waals surface area contributed by atoms with Gasteiger partial charge in [-0.25, -0.2) is 4.79 Å². The van der Waals surface area contributed by atoms with Crippen molar-refractivity contribution >= 4 is 40.2 Å². The van der Waals surface area contributed by atoms with Crippen LogP contribution >= 0.6 is 23.1 Å². The number of carbonyl (C=O) groups is 2. The highest BCUT2D eigenvalue weighted by atomic mass is 32.2. The largest absolute Gasteiger partial charge is 0.450 e. The van der Waals surface area contributed by atoms with Crippen LogP contribution in [0.4, 0.5) is 9.93 Å². The minimum Gasteiger partial charge on any atom is -0.450 e. The molecule has 7 nitrogen and oxygen atoms in total. The highest BCUT2D eigenvalue weighted by Crippen LogP contribution is 2.30. The first kappa shape index (κ1) is 18.7. The van der Waals surface area contributed by atoms with E-state index in [-0.39, 0.29) is 24.3 Å². The number of fused-ring (bicyclic) bond motifs is 1. The Morgan fingerprint density at radius 1 is 1.35 bits per heavy atom. The molecule has 2 N–H and O–H groups in total. The number of nitrogens with zero attached hydrogens (tertiary/aromatic N) is 2. The van der Waals surface area contributed by atoms with Gasteiger partial charge in [-0.1, -0.05) is 47.4 Å². The number of nitrogens with one attached hydrogen (secondary N) is 2. The maximum absolute atomic E-state index is 12.3. The Hall–Kier alpha value is -2.13. The topological polar surface area (TPSA) is 93.2 Å². The number of ether oxygens (including phenoxy) is 1. The van der Waals surface area contributed by atoms with E-state index in [2.05, 4.69) is 33.0 Å². The van der Waals surface area contributed by atoms with Crippen LogP contribution in [-0.4, -0.2) is 34.6 Å². The summed E-state index contributed by atoms with van der Waals surface area (Å²) in [6, 6.07) is 8.34. The normalized spacial score (nSPS) is 15.8. The third kappa shape index (κ3) is 4.95. The van der Waals surface area contributed by atoms with Gasteiger partial charge in [0.25, 0.3) is 0 Å². The minimum absolute atomic E-state index is 0.0354. The number of benzene rings is 1. The zero-order chi connectivity index (χ0) is 18.4. The van der Waals surface area contributed by atoms with E-state index >= 15 is 0 Å². The number of hydrogen-bond acceptors (Lipinski definition) is 7. The van der Waals surface area contributed by atoms with Gasteiger partial charge in [-0.3, -0.25) is 10.1 Å². The molecule has 2 amide bonds. The van der Waals surface area contributed by atoms with Crippen LogP contribution in [0.15, 0.2) is 28.6 Å². The second-order valence-corrected chi connectivity index (χ2v) is 7.92. The quantitative estimate of drug-likeness (QED) is 0.578. The smallest absolute Gasteiger partial charge is 0.413 e. The molecule has 0 spiro atoms. The molecule has 1 aromatic heterocycles. The molecule has 138 valence electrons. The third-order valence-corrected chi connectivity index (χ3v) is 5.89. The van der Waals surface area contributed by atoms with E-state index in [0.29, 0.717) is 9.47 Å². The molecule has 1 heterocycles. The first-order valence-corrected chi connectivity index (χ1v) is 10.2. The van der Waals surface area contributed by atoms with Crippen LogP contribution in [0.5, 0.6) is 0 Å². The van der Waals surface area contributed by atoms with Crippen LogP contribution in [-0.2, 0) is 16.0 Å². The summed E-state index contributed by atoms with van der Waals surface area (Å²) in [6.45, 7) is 2.01. The van der Waals surface area contributed by atoms with E-state index in [9.17, 15) is 9.59 Å². The monoisotopic (exact) mass is 392 g/mol. The Kier molecular flexibility index (Phi) is 6.45. The van der Waals surface area contributed by atoms with Crippen LogP contribution < -0.4 is 10.6 Å². The molecule has 1 atom stereocenters. The van der Waals surface area contributed by atoms with Gasteiger partial charge in [0.05, 0.1) is 18.4 Å². The molecular formula is C17H20N4O3S2. The Balaban J connectivity index is 1.49. The average Bonchev–Trinajstić information content (AvgIpc) is 3.08. The number of aryl methyl sites for hydroxylation is 1. The molecule has 0 bridgehead atoms. The highest BCUT2D eigenvalue weighted by Gasteiger charge is 2.21. The molecule has 1 aromatic carbocycles. The lowest BCUT2D eigenvalue weighted by molar-refractivity contribution is -0.119. The van der Waals surface area contributed by atoms with Crippen LogP contribution in [0.1, 0.15) is 36.9 Å². The molecule has 0 saturated carbocycles. The summed E-state index contributed by atoms with van der Waals surface area (Å²) < 4.78 is 5.41. The molecule has 1 aliphatic rings. The number of carbonyl (C=O) groups excluding carboxylic acids is 2. The number of rotatable bonds is 6. The van der Waals surface area contributed by atoms with Gasteiger partial charge in [-0.05, 0) is 37.3 Å². The average molecular weight is 393 g/mol. The Morgan fingerprint density at radius 2 is 2.19 bits per heavy atom. The van der Waals surface area contributed by atoms with Crippen molar-refractivity contribution in [1.82, 2.24) is 15.5 Å². The molecule has 0 saturated heterocycles. The number of thioether (sulfide) groups is 1.